The maximum Gasteiger partial charge on any atom is 0.144 e. The molecule has 5 heteroatoms. The van der Waals surface area contributed by atoms with E-state index in [1.165, 1.54) is 0 Å². The van der Waals surface area contributed by atoms with Crippen LogP contribution >= 0.6 is 27.3 Å². The first-order valence-corrected chi connectivity index (χ1v) is 6.87. The van der Waals surface area contributed by atoms with Crippen molar-refractivity contribution >= 4 is 44.5 Å². The van der Waals surface area contributed by atoms with Crippen LogP contribution in [0.4, 0.5) is 0 Å². The van der Waals surface area contributed by atoms with E-state index in [2.05, 4.69) is 20.3 Å². The third-order valence-electron chi connectivity index (χ3n) is 1.39. The summed E-state index contributed by atoms with van der Waals surface area (Å²) < 4.78 is 16.3. The maximum absolute atomic E-state index is 11.6. The van der Waals surface area contributed by atoms with Gasteiger partial charge in [-0.15, -0.1) is 11.3 Å². The summed E-state index contributed by atoms with van der Waals surface area (Å²) >= 11 is 4.92. The lowest BCUT2D eigenvalue weighted by atomic mass is 10.3. The molecule has 1 aromatic rings. The van der Waals surface area contributed by atoms with Crippen molar-refractivity contribution in [2.45, 2.75) is 25.5 Å². The van der Waals surface area contributed by atoms with E-state index in [-0.39, 0.29) is 4.75 Å². The molecule has 1 aromatic heterocycles. The monoisotopic (exact) mass is 293 g/mol. The molecular weight excluding hydrogens is 282 g/mol. The Morgan fingerprint density at radius 2 is 2.21 bits per heavy atom. The van der Waals surface area contributed by atoms with E-state index >= 15 is 0 Å². The van der Waals surface area contributed by atoms with Crippen molar-refractivity contribution < 1.29 is 4.21 Å². The zero-order chi connectivity index (χ0) is 10.8. The second-order valence-corrected chi connectivity index (χ2v) is 7.56. The quantitative estimate of drug-likeness (QED) is 0.769. The molecule has 0 amide bonds. The Labute approximate surface area is 99.2 Å². The summed E-state index contributed by atoms with van der Waals surface area (Å²) in [6.45, 7) is 5.72. The van der Waals surface area contributed by atoms with Gasteiger partial charge in [-0.1, -0.05) is 0 Å². The molecule has 0 saturated heterocycles. The van der Waals surface area contributed by atoms with Gasteiger partial charge >= 0.3 is 0 Å². The van der Waals surface area contributed by atoms with Crippen LogP contribution in [0.3, 0.4) is 0 Å². The molecule has 1 heterocycles. The van der Waals surface area contributed by atoms with Gasteiger partial charge in [0.15, 0.2) is 0 Å². The first-order chi connectivity index (χ1) is 6.39. The van der Waals surface area contributed by atoms with Gasteiger partial charge in [0, 0.05) is 14.7 Å². The molecule has 78 valence electrons. The van der Waals surface area contributed by atoms with E-state index in [1.54, 1.807) is 17.6 Å². The summed E-state index contributed by atoms with van der Waals surface area (Å²) in [6.07, 6.45) is 1.66. The summed E-state index contributed by atoms with van der Waals surface area (Å²) in [5.74, 6) is 0. The number of hydrogen-bond donors (Lipinski definition) is 0. The number of nitrogens with zero attached hydrogens (tertiary/aromatic N) is 1. The SMILES string of the molecule is CC(C)(C)[S@@](=O)/N=C/c1cc(Br)cs1. The van der Waals surface area contributed by atoms with Gasteiger partial charge in [0.1, 0.15) is 11.0 Å². The van der Waals surface area contributed by atoms with Crippen LogP contribution in [0.25, 0.3) is 0 Å². The molecule has 0 unspecified atom stereocenters. The minimum absolute atomic E-state index is 0.287. The van der Waals surface area contributed by atoms with Gasteiger partial charge < -0.3 is 0 Å². The van der Waals surface area contributed by atoms with Gasteiger partial charge in [-0.2, -0.15) is 4.40 Å². The minimum Gasteiger partial charge on any atom is -0.234 e. The maximum atomic E-state index is 11.6. The summed E-state index contributed by atoms with van der Waals surface area (Å²) in [4.78, 5) is 1.01. The second-order valence-electron chi connectivity index (χ2n) is 3.76. The Hall–Kier alpha value is -0.0000000000000000833. The van der Waals surface area contributed by atoms with Crippen LogP contribution < -0.4 is 0 Å². The number of hydrogen-bond acceptors (Lipinski definition) is 2. The molecule has 0 radical (unpaired) electrons. The lowest BCUT2D eigenvalue weighted by molar-refractivity contribution is 0.651. The first kappa shape index (κ1) is 12.1. The lowest BCUT2D eigenvalue weighted by Crippen LogP contribution is -2.19. The summed E-state index contributed by atoms with van der Waals surface area (Å²) in [5.41, 5.74) is 0. The molecule has 1 atom stereocenters. The molecule has 14 heavy (non-hydrogen) atoms. The van der Waals surface area contributed by atoms with Gasteiger partial charge in [-0.3, -0.25) is 0 Å². The first-order valence-electron chi connectivity index (χ1n) is 4.10. The van der Waals surface area contributed by atoms with Crippen LogP contribution in [0.2, 0.25) is 0 Å². The molecule has 0 aliphatic heterocycles. The van der Waals surface area contributed by atoms with Crippen LogP contribution in [0.5, 0.6) is 0 Å². The highest BCUT2D eigenvalue weighted by Gasteiger charge is 2.18. The lowest BCUT2D eigenvalue weighted by Gasteiger charge is -2.12. The van der Waals surface area contributed by atoms with Crippen LogP contribution in [-0.4, -0.2) is 15.2 Å². The highest BCUT2D eigenvalue weighted by atomic mass is 79.9. The third kappa shape index (κ3) is 3.63. The van der Waals surface area contributed by atoms with Gasteiger partial charge in [-0.05, 0) is 42.8 Å². The topological polar surface area (TPSA) is 29.4 Å². The van der Waals surface area contributed by atoms with E-state index in [0.717, 1.165) is 9.35 Å². The normalized spacial score (nSPS) is 14.9. The van der Waals surface area contributed by atoms with Gasteiger partial charge in [-0.25, -0.2) is 4.21 Å². The fourth-order valence-electron chi connectivity index (χ4n) is 0.654. The number of halogens is 1. The van der Waals surface area contributed by atoms with Crippen molar-refractivity contribution in [3.05, 3.63) is 20.8 Å². The Balaban J connectivity index is 2.70. The highest BCUT2D eigenvalue weighted by Crippen LogP contribution is 2.19. The third-order valence-corrected chi connectivity index (χ3v) is 4.36. The Morgan fingerprint density at radius 3 is 2.64 bits per heavy atom. The molecule has 1 rings (SSSR count). The van der Waals surface area contributed by atoms with E-state index in [1.807, 2.05) is 32.2 Å². The van der Waals surface area contributed by atoms with Gasteiger partial charge in [0.25, 0.3) is 0 Å². The van der Waals surface area contributed by atoms with Gasteiger partial charge in [0.2, 0.25) is 0 Å². The molecule has 0 saturated carbocycles. The van der Waals surface area contributed by atoms with Crippen molar-refractivity contribution in [1.29, 1.82) is 0 Å². The summed E-state index contributed by atoms with van der Waals surface area (Å²) in [7, 11) is -1.17. The standard InChI is InChI=1S/C9H12BrNOS2/c1-9(2,3)14(12)11-5-8-4-7(10)6-13-8/h4-6H,1-3H3/b11-5+/t14-/m1/s1. The van der Waals surface area contributed by atoms with Crippen molar-refractivity contribution in [2.24, 2.45) is 4.40 Å². The second kappa shape index (κ2) is 4.68. The van der Waals surface area contributed by atoms with Crippen molar-refractivity contribution in [3.8, 4) is 0 Å². The van der Waals surface area contributed by atoms with E-state index < -0.39 is 11.0 Å². The molecule has 0 bridgehead atoms. The molecule has 0 aliphatic carbocycles. The molecule has 0 N–H and O–H groups in total. The fraction of sp³-hybridized carbons (Fsp3) is 0.444. The largest absolute Gasteiger partial charge is 0.234 e. The average Bonchev–Trinajstić information content (AvgIpc) is 2.45. The van der Waals surface area contributed by atoms with Crippen molar-refractivity contribution in [3.63, 3.8) is 0 Å². The Bertz CT molecular complexity index is 365. The van der Waals surface area contributed by atoms with Crippen LogP contribution in [0.15, 0.2) is 20.3 Å². The van der Waals surface area contributed by atoms with Crippen molar-refractivity contribution in [1.82, 2.24) is 0 Å². The summed E-state index contributed by atoms with van der Waals surface area (Å²) in [5, 5.41) is 1.97. The van der Waals surface area contributed by atoms with E-state index in [0.29, 0.717) is 0 Å². The van der Waals surface area contributed by atoms with E-state index in [4.69, 9.17) is 0 Å². The average molecular weight is 294 g/mol. The van der Waals surface area contributed by atoms with Crippen LogP contribution in [-0.2, 0) is 11.0 Å². The smallest absolute Gasteiger partial charge is 0.144 e. The zero-order valence-electron chi connectivity index (χ0n) is 8.28. The zero-order valence-corrected chi connectivity index (χ0v) is 11.5. The number of thiophene rings is 1. The van der Waals surface area contributed by atoms with E-state index in [9.17, 15) is 4.21 Å². The predicted molar refractivity (Wildman–Crippen MR) is 67.5 cm³/mol. The fourth-order valence-corrected chi connectivity index (χ4v) is 2.55. The molecule has 0 aliphatic rings. The molecule has 0 spiro atoms. The predicted octanol–water partition coefficient (Wildman–Crippen LogP) is 3.39. The molecular formula is C9H12BrNOS2. The van der Waals surface area contributed by atoms with Crippen molar-refractivity contribution in [2.75, 3.05) is 0 Å². The summed E-state index contributed by atoms with van der Waals surface area (Å²) in [6, 6.07) is 1.95. The highest BCUT2D eigenvalue weighted by molar-refractivity contribution is 9.10. The molecule has 0 aromatic carbocycles. The minimum atomic E-state index is -1.17. The molecule has 2 nitrogen and oxygen atoms in total. The van der Waals surface area contributed by atoms with Crippen LogP contribution in [0.1, 0.15) is 25.6 Å². The number of rotatable bonds is 2. The Kier molecular flexibility index (Phi) is 4.04. The Morgan fingerprint density at radius 1 is 1.57 bits per heavy atom. The van der Waals surface area contributed by atoms with Gasteiger partial charge in [0.05, 0.1) is 11.0 Å². The van der Waals surface area contributed by atoms with Crippen LogP contribution in [0, 0.1) is 0 Å². The molecule has 0 fully saturated rings.